The van der Waals surface area contributed by atoms with Gasteiger partial charge < -0.3 is 9.88 Å². The number of para-hydroxylation sites is 1. The van der Waals surface area contributed by atoms with Gasteiger partial charge in [-0.05, 0) is 23.8 Å². The molecule has 1 N–H and O–H groups in total. The second-order valence-corrected chi connectivity index (χ2v) is 8.49. The average molecular weight is 477 g/mol. The van der Waals surface area contributed by atoms with Gasteiger partial charge in [0.05, 0.1) is 9.85 Å². The van der Waals surface area contributed by atoms with Crippen molar-refractivity contribution in [1.82, 2.24) is 9.88 Å². The van der Waals surface area contributed by atoms with E-state index in [4.69, 9.17) is 0 Å². The van der Waals surface area contributed by atoms with Gasteiger partial charge in [-0.25, -0.2) is 0 Å². The molecule has 0 saturated heterocycles. The van der Waals surface area contributed by atoms with Crippen LogP contribution in [0.25, 0.3) is 10.9 Å². The van der Waals surface area contributed by atoms with Crippen molar-refractivity contribution in [2.45, 2.75) is 17.2 Å². The maximum Gasteiger partial charge on any atom is 0.269 e. The quantitative estimate of drug-likeness (QED) is 0.202. The third-order valence-electron chi connectivity index (χ3n) is 5.27. The maximum atomic E-state index is 12.4. The van der Waals surface area contributed by atoms with Crippen LogP contribution in [0.3, 0.4) is 0 Å². The molecule has 3 aromatic carbocycles. The van der Waals surface area contributed by atoms with E-state index >= 15 is 0 Å². The van der Waals surface area contributed by atoms with Crippen molar-refractivity contribution in [3.63, 3.8) is 0 Å². The highest BCUT2D eigenvalue weighted by Crippen LogP contribution is 2.32. The standard InChI is InChI=1S/C24H20N4O5S/c29-24(18-7-11-20(12-8-18)28(32)33)25-13-14-26-15-23(21-3-1-2-4-22(21)26)34-16-17-5-9-19(10-6-17)27(30)31/h1-12,15H,13-14,16H2,(H,25,29). The number of nitrogens with one attached hydrogen (secondary N) is 1. The van der Waals surface area contributed by atoms with Crippen molar-refractivity contribution in [2.75, 3.05) is 6.54 Å². The zero-order valence-corrected chi connectivity index (χ0v) is 18.7. The molecule has 34 heavy (non-hydrogen) atoms. The van der Waals surface area contributed by atoms with Gasteiger partial charge in [0.25, 0.3) is 17.3 Å². The van der Waals surface area contributed by atoms with Gasteiger partial charge in [0, 0.05) is 70.7 Å². The smallest absolute Gasteiger partial charge is 0.269 e. The number of carbonyl (C=O) groups excluding carboxylic acids is 1. The van der Waals surface area contributed by atoms with E-state index in [-0.39, 0.29) is 17.3 Å². The van der Waals surface area contributed by atoms with Gasteiger partial charge in [-0.2, -0.15) is 0 Å². The SMILES string of the molecule is O=C(NCCn1cc(SCc2ccc([N+](=O)[O-])cc2)c2ccccc21)c1ccc([N+](=O)[O-])cc1. The molecule has 1 aromatic heterocycles. The zero-order valence-electron chi connectivity index (χ0n) is 17.9. The number of nitro benzene ring substituents is 2. The Morgan fingerprint density at radius 1 is 0.882 bits per heavy atom. The lowest BCUT2D eigenvalue weighted by molar-refractivity contribution is -0.385. The Hall–Kier alpha value is -4.18. The van der Waals surface area contributed by atoms with E-state index in [1.165, 1.54) is 36.4 Å². The first-order valence-electron chi connectivity index (χ1n) is 10.4. The summed E-state index contributed by atoms with van der Waals surface area (Å²) in [7, 11) is 0. The number of nitro groups is 2. The van der Waals surface area contributed by atoms with Crippen LogP contribution in [0, 0.1) is 20.2 Å². The lowest BCUT2D eigenvalue weighted by atomic mass is 10.2. The molecule has 4 aromatic rings. The Kier molecular flexibility index (Phi) is 6.88. The molecule has 0 unspecified atom stereocenters. The van der Waals surface area contributed by atoms with E-state index < -0.39 is 9.85 Å². The van der Waals surface area contributed by atoms with Crippen molar-refractivity contribution in [3.05, 3.63) is 110 Å². The fraction of sp³-hybridized carbons (Fsp3) is 0.125. The lowest BCUT2D eigenvalue weighted by Crippen LogP contribution is -2.27. The molecule has 0 atom stereocenters. The number of hydrogen-bond donors (Lipinski definition) is 1. The number of amides is 1. The van der Waals surface area contributed by atoms with Gasteiger partial charge in [-0.1, -0.05) is 30.3 Å². The van der Waals surface area contributed by atoms with Gasteiger partial charge in [0.15, 0.2) is 0 Å². The number of benzene rings is 3. The molecular weight excluding hydrogens is 456 g/mol. The number of thioether (sulfide) groups is 1. The normalized spacial score (nSPS) is 10.8. The summed E-state index contributed by atoms with van der Waals surface area (Å²) in [6.07, 6.45) is 2.04. The van der Waals surface area contributed by atoms with E-state index in [9.17, 15) is 25.0 Å². The van der Waals surface area contributed by atoms with Crippen molar-refractivity contribution < 1.29 is 14.6 Å². The van der Waals surface area contributed by atoms with E-state index in [1.807, 2.05) is 30.5 Å². The van der Waals surface area contributed by atoms with Crippen LogP contribution in [0.15, 0.2) is 83.9 Å². The Morgan fingerprint density at radius 3 is 2.15 bits per heavy atom. The van der Waals surface area contributed by atoms with Gasteiger partial charge >= 0.3 is 0 Å². The lowest BCUT2D eigenvalue weighted by Gasteiger charge is -2.07. The monoisotopic (exact) mass is 476 g/mol. The van der Waals surface area contributed by atoms with Crippen LogP contribution in [0.4, 0.5) is 11.4 Å². The number of nitrogens with zero attached hydrogens (tertiary/aromatic N) is 3. The van der Waals surface area contributed by atoms with Gasteiger partial charge in [0.1, 0.15) is 0 Å². The largest absolute Gasteiger partial charge is 0.350 e. The molecule has 4 rings (SSSR count). The summed E-state index contributed by atoms with van der Waals surface area (Å²) in [5.74, 6) is 0.377. The minimum atomic E-state index is -0.504. The molecule has 10 heteroatoms. The van der Waals surface area contributed by atoms with Crippen LogP contribution in [0.2, 0.25) is 0 Å². The highest BCUT2D eigenvalue weighted by molar-refractivity contribution is 7.98. The first kappa shape index (κ1) is 23.0. The number of rotatable bonds is 9. The number of hydrogen-bond acceptors (Lipinski definition) is 6. The molecule has 1 amide bonds. The fourth-order valence-electron chi connectivity index (χ4n) is 3.51. The maximum absolute atomic E-state index is 12.4. The first-order valence-corrected chi connectivity index (χ1v) is 11.4. The van der Waals surface area contributed by atoms with Crippen LogP contribution < -0.4 is 5.32 Å². The molecular formula is C24H20N4O5S. The van der Waals surface area contributed by atoms with Crippen LogP contribution in [0.1, 0.15) is 15.9 Å². The number of aromatic nitrogens is 1. The van der Waals surface area contributed by atoms with Gasteiger partial charge in [0.2, 0.25) is 0 Å². The second-order valence-electron chi connectivity index (χ2n) is 7.48. The predicted octanol–water partition coefficient (Wildman–Crippen LogP) is 5.18. The Bertz CT molecular complexity index is 1350. The number of non-ortho nitro benzene ring substituents is 2. The summed E-state index contributed by atoms with van der Waals surface area (Å²) in [4.78, 5) is 34.1. The van der Waals surface area contributed by atoms with Gasteiger partial charge in [-0.3, -0.25) is 25.0 Å². The number of fused-ring (bicyclic) bond motifs is 1. The van der Waals surface area contributed by atoms with Crippen molar-refractivity contribution in [1.29, 1.82) is 0 Å². The molecule has 0 radical (unpaired) electrons. The van der Waals surface area contributed by atoms with Crippen molar-refractivity contribution >= 4 is 39.9 Å². The second kappa shape index (κ2) is 10.2. The van der Waals surface area contributed by atoms with Crippen LogP contribution >= 0.6 is 11.8 Å². The first-order chi connectivity index (χ1) is 16.4. The molecule has 0 aliphatic rings. The molecule has 0 bridgehead atoms. The minimum absolute atomic E-state index is 0.0610. The molecule has 0 spiro atoms. The fourth-order valence-corrected chi connectivity index (χ4v) is 4.56. The Balaban J connectivity index is 1.40. The Morgan fingerprint density at radius 2 is 1.50 bits per heavy atom. The van der Waals surface area contributed by atoms with E-state index in [1.54, 1.807) is 23.9 Å². The number of carbonyl (C=O) groups is 1. The summed E-state index contributed by atoms with van der Waals surface area (Å²) < 4.78 is 2.07. The zero-order chi connectivity index (χ0) is 24.1. The van der Waals surface area contributed by atoms with E-state index in [2.05, 4.69) is 9.88 Å². The molecule has 0 saturated carbocycles. The average Bonchev–Trinajstić information content (AvgIpc) is 3.20. The Labute approximate surface area is 198 Å². The molecule has 172 valence electrons. The molecule has 0 fully saturated rings. The minimum Gasteiger partial charge on any atom is -0.350 e. The summed E-state index contributed by atoms with van der Waals surface area (Å²) in [6.45, 7) is 0.943. The highest BCUT2D eigenvalue weighted by atomic mass is 32.2. The van der Waals surface area contributed by atoms with E-state index in [0.717, 1.165) is 21.4 Å². The summed E-state index contributed by atoms with van der Waals surface area (Å²) in [5, 5.41) is 25.5. The van der Waals surface area contributed by atoms with Crippen molar-refractivity contribution in [2.24, 2.45) is 0 Å². The molecule has 9 nitrogen and oxygen atoms in total. The van der Waals surface area contributed by atoms with Crippen LogP contribution in [0.5, 0.6) is 0 Å². The third kappa shape index (κ3) is 5.24. The van der Waals surface area contributed by atoms with Crippen molar-refractivity contribution in [3.8, 4) is 0 Å². The predicted molar refractivity (Wildman–Crippen MR) is 130 cm³/mol. The van der Waals surface area contributed by atoms with Crippen LogP contribution in [-0.4, -0.2) is 26.9 Å². The molecule has 0 aliphatic heterocycles. The third-order valence-corrected chi connectivity index (χ3v) is 6.39. The van der Waals surface area contributed by atoms with Crippen LogP contribution in [-0.2, 0) is 12.3 Å². The highest BCUT2D eigenvalue weighted by Gasteiger charge is 2.12. The topological polar surface area (TPSA) is 120 Å². The summed E-state index contributed by atoms with van der Waals surface area (Å²) >= 11 is 1.65. The van der Waals surface area contributed by atoms with E-state index in [0.29, 0.717) is 24.4 Å². The molecule has 0 aliphatic carbocycles. The molecule has 1 heterocycles. The summed E-state index contributed by atoms with van der Waals surface area (Å²) in [5.41, 5.74) is 2.40. The summed E-state index contributed by atoms with van der Waals surface area (Å²) in [6, 6.07) is 20.0. The van der Waals surface area contributed by atoms with Gasteiger partial charge in [-0.15, -0.1) is 11.8 Å².